The molecule has 1 aliphatic rings. The molecule has 0 unspecified atom stereocenters. The Kier molecular flexibility index (Phi) is 2.53. The van der Waals surface area contributed by atoms with Crippen molar-refractivity contribution in [1.29, 1.82) is 0 Å². The van der Waals surface area contributed by atoms with E-state index in [1.165, 1.54) is 25.7 Å². The van der Waals surface area contributed by atoms with E-state index in [4.69, 9.17) is 0 Å². The second-order valence-electron chi connectivity index (χ2n) is 3.43. The van der Waals surface area contributed by atoms with Gasteiger partial charge in [0.25, 0.3) is 0 Å². The molecular weight excluding hydrogens is 120 g/mol. The minimum absolute atomic E-state index is 0.975. The standard InChI is InChI=1S/C10H18/c1-4-9(5-2)10-6-8(3)7-10/h8H,4-7H2,1-3H3. The monoisotopic (exact) mass is 138 g/mol. The van der Waals surface area contributed by atoms with Crippen LogP contribution >= 0.6 is 0 Å². The van der Waals surface area contributed by atoms with Crippen LogP contribution in [0.25, 0.3) is 0 Å². The molecular formula is C10H18. The molecule has 0 atom stereocenters. The average Bonchev–Trinajstić information content (AvgIpc) is 1.87. The van der Waals surface area contributed by atoms with Gasteiger partial charge in [-0.3, -0.25) is 0 Å². The zero-order valence-corrected chi connectivity index (χ0v) is 7.41. The lowest BCUT2D eigenvalue weighted by molar-refractivity contribution is 0.450. The van der Waals surface area contributed by atoms with Gasteiger partial charge in [0, 0.05) is 0 Å². The fraction of sp³-hybridized carbons (Fsp3) is 0.800. The van der Waals surface area contributed by atoms with Gasteiger partial charge in [-0.05, 0) is 31.6 Å². The SMILES string of the molecule is CCC(CC)=C1CC(C)C1. The predicted molar refractivity (Wildman–Crippen MR) is 46.0 cm³/mol. The van der Waals surface area contributed by atoms with Gasteiger partial charge in [-0.1, -0.05) is 31.9 Å². The van der Waals surface area contributed by atoms with Gasteiger partial charge < -0.3 is 0 Å². The summed E-state index contributed by atoms with van der Waals surface area (Å²) < 4.78 is 0. The van der Waals surface area contributed by atoms with E-state index in [0.717, 1.165) is 5.92 Å². The van der Waals surface area contributed by atoms with Gasteiger partial charge in [0.05, 0.1) is 0 Å². The maximum atomic E-state index is 2.34. The molecule has 0 heteroatoms. The van der Waals surface area contributed by atoms with Crippen LogP contribution in [0.15, 0.2) is 11.1 Å². The number of hydrogen-bond acceptors (Lipinski definition) is 0. The van der Waals surface area contributed by atoms with Crippen LogP contribution in [0.3, 0.4) is 0 Å². The maximum Gasteiger partial charge on any atom is -0.0289 e. The Morgan fingerprint density at radius 1 is 1.30 bits per heavy atom. The summed E-state index contributed by atoms with van der Waals surface area (Å²) in [6, 6.07) is 0. The van der Waals surface area contributed by atoms with Gasteiger partial charge in [-0.2, -0.15) is 0 Å². The Morgan fingerprint density at radius 3 is 2.10 bits per heavy atom. The van der Waals surface area contributed by atoms with E-state index in [-0.39, 0.29) is 0 Å². The molecule has 0 aromatic heterocycles. The first-order valence-corrected chi connectivity index (χ1v) is 4.47. The molecule has 1 fully saturated rings. The van der Waals surface area contributed by atoms with Crippen molar-refractivity contribution in [3.63, 3.8) is 0 Å². The highest BCUT2D eigenvalue weighted by atomic mass is 14.3. The fourth-order valence-corrected chi connectivity index (χ4v) is 1.82. The van der Waals surface area contributed by atoms with Crippen LogP contribution in [0.5, 0.6) is 0 Å². The van der Waals surface area contributed by atoms with Crippen molar-refractivity contribution >= 4 is 0 Å². The van der Waals surface area contributed by atoms with Crippen LogP contribution in [0.4, 0.5) is 0 Å². The topological polar surface area (TPSA) is 0 Å². The Labute approximate surface area is 64.3 Å². The third-order valence-electron chi connectivity index (χ3n) is 2.54. The predicted octanol–water partition coefficient (Wildman–Crippen LogP) is 3.53. The van der Waals surface area contributed by atoms with Crippen molar-refractivity contribution in [2.24, 2.45) is 5.92 Å². The smallest absolute Gasteiger partial charge is 0.0289 e. The fourth-order valence-electron chi connectivity index (χ4n) is 1.82. The molecule has 0 nitrogen and oxygen atoms in total. The minimum Gasteiger partial charge on any atom is -0.0715 e. The third-order valence-corrected chi connectivity index (χ3v) is 2.54. The van der Waals surface area contributed by atoms with E-state index < -0.39 is 0 Å². The lowest BCUT2D eigenvalue weighted by Crippen LogP contribution is -2.12. The van der Waals surface area contributed by atoms with Crippen molar-refractivity contribution < 1.29 is 0 Å². The summed E-state index contributed by atoms with van der Waals surface area (Å²) in [6.07, 6.45) is 5.32. The molecule has 0 aromatic rings. The zero-order valence-electron chi connectivity index (χ0n) is 7.41. The summed E-state index contributed by atoms with van der Waals surface area (Å²) in [5.41, 5.74) is 3.48. The molecule has 58 valence electrons. The Hall–Kier alpha value is -0.260. The molecule has 0 bridgehead atoms. The summed E-state index contributed by atoms with van der Waals surface area (Å²) >= 11 is 0. The van der Waals surface area contributed by atoms with E-state index in [2.05, 4.69) is 20.8 Å². The molecule has 1 aliphatic carbocycles. The summed E-state index contributed by atoms with van der Waals surface area (Å²) in [7, 11) is 0. The zero-order chi connectivity index (χ0) is 7.56. The average molecular weight is 138 g/mol. The van der Waals surface area contributed by atoms with Crippen molar-refractivity contribution in [3.05, 3.63) is 11.1 Å². The molecule has 0 radical (unpaired) electrons. The van der Waals surface area contributed by atoms with Crippen LogP contribution < -0.4 is 0 Å². The normalized spacial score (nSPS) is 24.3. The molecule has 1 rings (SSSR count). The summed E-state index contributed by atoms with van der Waals surface area (Å²) in [5, 5.41) is 0. The molecule has 1 saturated carbocycles. The quantitative estimate of drug-likeness (QED) is 0.512. The van der Waals surface area contributed by atoms with Gasteiger partial charge in [0.15, 0.2) is 0 Å². The van der Waals surface area contributed by atoms with Crippen molar-refractivity contribution in [3.8, 4) is 0 Å². The van der Waals surface area contributed by atoms with E-state index in [9.17, 15) is 0 Å². The summed E-state index contributed by atoms with van der Waals surface area (Å²) in [5.74, 6) is 0.975. The van der Waals surface area contributed by atoms with E-state index in [1.807, 2.05) is 0 Å². The highest BCUT2D eigenvalue weighted by Crippen LogP contribution is 2.36. The molecule has 0 aliphatic heterocycles. The number of rotatable bonds is 2. The first kappa shape index (κ1) is 7.84. The van der Waals surface area contributed by atoms with Crippen molar-refractivity contribution in [2.75, 3.05) is 0 Å². The number of allylic oxidation sites excluding steroid dienone is 2. The Bertz CT molecular complexity index is 128. The molecule has 0 heterocycles. The van der Waals surface area contributed by atoms with Gasteiger partial charge in [-0.15, -0.1) is 0 Å². The lowest BCUT2D eigenvalue weighted by atomic mass is 9.78. The van der Waals surface area contributed by atoms with Crippen LogP contribution in [0.1, 0.15) is 46.5 Å². The van der Waals surface area contributed by atoms with Gasteiger partial charge in [0.2, 0.25) is 0 Å². The first-order valence-electron chi connectivity index (χ1n) is 4.47. The third kappa shape index (κ3) is 1.42. The largest absolute Gasteiger partial charge is 0.0715 e. The van der Waals surface area contributed by atoms with Crippen LogP contribution in [0.2, 0.25) is 0 Å². The molecule has 0 amide bonds. The van der Waals surface area contributed by atoms with Gasteiger partial charge >= 0.3 is 0 Å². The maximum absolute atomic E-state index is 2.34. The van der Waals surface area contributed by atoms with Gasteiger partial charge in [0.1, 0.15) is 0 Å². The molecule has 0 N–H and O–H groups in total. The first-order chi connectivity index (χ1) is 4.77. The Balaban J connectivity index is 2.49. The molecule has 0 saturated heterocycles. The van der Waals surface area contributed by atoms with Crippen LogP contribution in [-0.2, 0) is 0 Å². The summed E-state index contributed by atoms with van der Waals surface area (Å²) in [4.78, 5) is 0. The van der Waals surface area contributed by atoms with E-state index in [0.29, 0.717) is 0 Å². The molecule has 10 heavy (non-hydrogen) atoms. The highest BCUT2D eigenvalue weighted by Gasteiger charge is 2.19. The Morgan fingerprint density at radius 2 is 1.80 bits per heavy atom. The second kappa shape index (κ2) is 3.23. The van der Waals surface area contributed by atoms with Crippen LogP contribution in [0, 0.1) is 5.92 Å². The van der Waals surface area contributed by atoms with Crippen molar-refractivity contribution in [2.45, 2.75) is 46.5 Å². The molecule has 0 aromatic carbocycles. The van der Waals surface area contributed by atoms with Crippen molar-refractivity contribution in [1.82, 2.24) is 0 Å². The summed E-state index contributed by atoms with van der Waals surface area (Å²) in [6.45, 7) is 6.88. The van der Waals surface area contributed by atoms with Crippen LogP contribution in [-0.4, -0.2) is 0 Å². The number of hydrogen-bond donors (Lipinski definition) is 0. The second-order valence-corrected chi connectivity index (χ2v) is 3.43. The van der Waals surface area contributed by atoms with E-state index in [1.54, 1.807) is 11.1 Å². The molecule has 0 spiro atoms. The highest BCUT2D eigenvalue weighted by molar-refractivity contribution is 5.20. The van der Waals surface area contributed by atoms with E-state index >= 15 is 0 Å². The minimum atomic E-state index is 0.975. The lowest BCUT2D eigenvalue weighted by Gasteiger charge is -2.28. The van der Waals surface area contributed by atoms with Gasteiger partial charge in [-0.25, -0.2) is 0 Å².